The van der Waals surface area contributed by atoms with Crippen LogP contribution in [0.1, 0.15) is 40.0 Å². The number of fused-ring (bicyclic) bond motifs is 1. The number of furan rings is 1. The predicted octanol–water partition coefficient (Wildman–Crippen LogP) is 2.14. The zero-order valence-corrected chi connectivity index (χ0v) is 14.7. The highest BCUT2D eigenvalue weighted by Gasteiger charge is 2.28. The van der Waals surface area contributed by atoms with Crippen molar-refractivity contribution in [1.82, 2.24) is 14.5 Å². The Morgan fingerprint density at radius 1 is 1.15 bits per heavy atom. The van der Waals surface area contributed by atoms with Crippen LogP contribution < -0.4 is 5.73 Å². The first-order valence-electron chi connectivity index (χ1n) is 8.84. The Bertz CT molecular complexity index is 947. The van der Waals surface area contributed by atoms with Crippen LogP contribution in [0.2, 0.25) is 0 Å². The fourth-order valence-corrected chi connectivity index (χ4v) is 3.53. The summed E-state index contributed by atoms with van der Waals surface area (Å²) in [6.07, 6.45) is 3.40. The second-order valence-corrected chi connectivity index (χ2v) is 6.57. The van der Waals surface area contributed by atoms with Gasteiger partial charge >= 0.3 is 0 Å². The molecule has 0 bridgehead atoms. The zero-order valence-electron chi connectivity index (χ0n) is 14.7. The molecule has 1 aliphatic rings. The lowest BCUT2D eigenvalue weighted by atomic mass is 9.92. The lowest BCUT2D eigenvalue weighted by Gasteiger charge is -2.29. The van der Waals surface area contributed by atoms with Crippen molar-refractivity contribution < 1.29 is 14.0 Å². The molecule has 0 fully saturated rings. The molecule has 0 saturated carbocycles. The minimum absolute atomic E-state index is 0.0233. The van der Waals surface area contributed by atoms with Gasteiger partial charge in [-0.05, 0) is 17.7 Å². The summed E-state index contributed by atoms with van der Waals surface area (Å²) in [5.74, 6) is 0.823. The number of aromatic nitrogens is 2. The summed E-state index contributed by atoms with van der Waals surface area (Å²) in [5.41, 5.74) is 6.79. The van der Waals surface area contributed by atoms with Crippen molar-refractivity contribution in [2.45, 2.75) is 25.4 Å². The molecule has 2 amide bonds. The van der Waals surface area contributed by atoms with Crippen LogP contribution in [-0.4, -0.2) is 32.8 Å². The molecule has 1 aromatic carbocycles. The molecule has 0 radical (unpaired) electrons. The number of hydrogen-bond donors (Lipinski definition) is 1. The number of hydrogen-bond acceptors (Lipinski definition) is 4. The van der Waals surface area contributed by atoms with Gasteiger partial charge in [-0.2, -0.15) is 0 Å². The van der Waals surface area contributed by atoms with Crippen molar-refractivity contribution in [3.63, 3.8) is 0 Å². The van der Waals surface area contributed by atoms with E-state index in [2.05, 4.69) is 4.98 Å². The maximum absolute atomic E-state index is 13.0. The fourth-order valence-electron chi connectivity index (χ4n) is 3.53. The number of nitrogens with two attached hydrogens (primary N) is 1. The molecule has 4 rings (SSSR count). The van der Waals surface area contributed by atoms with Crippen LogP contribution in [0.15, 0.2) is 59.3 Å². The lowest BCUT2D eigenvalue weighted by molar-refractivity contribution is -0.133. The van der Waals surface area contributed by atoms with Crippen LogP contribution in [0.3, 0.4) is 0 Å². The van der Waals surface area contributed by atoms with E-state index in [-0.39, 0.29) is 11.8 Å². The van der Waals surface area contributed by atoms with Crippen molar-refractivity contribution in [3.05, 3.63) is 77.8 Å². The third-order valence-electron chi connectivity index (χ3n) is 4.94. The van der Waals surface area contributed by atoms with Crippen LogP contribution in [0.4, 0.5) is 0 Å². The SMILES string of the molecule is NC(=O)c1cnc2n1CCN(C(=O)C[C@H](c1ccccc1)c1ccco1)C2. The van der Waals surface area contributed by atoms with Gasteiger partial charge < -0.3 is 19.6 Å². The molecule has 3 aromatic rings. The molecule has 7 nitrogen and oxygen atoms in total. The molecule has 3 heterocycles. The molecule has 0 aliphatic carbocycles. The van der Waals surface area contributed by atoms with Crippen LogP contribution >= 0.6 is 0 Å². The lowest BCUT2D eigenvalue weighted by Crippen LogP contribution is -2.40. The highest BCUT2D eigenvalue weighted by molar-refractivity contribution is 5.91. The summed E-state index contributed by atoms with van der Waals surface area (Å²) < 4.78 is 7.37. The molecule has 0 spiro atoms. The quantitative estimate of drug-likeness (QED) is 0.750. The van der Waals surface area contributed by atoms with Gasteiger partial charge in [0, 0.05) is 19.5 Å². The van der Waals surface area contributed by atoms with E-state index in [4.69, 9.17) is 10.2 Å². The molecule has 2 N–H and O–H groups in total. The summed E-state index contributed by atoms with van der Waals surface area (Å²) in [7, 11) is 0. The van der Waals surface area contributed by atoms with E-state index < -0.39 is 5.91 Å². The van der Waals surface area contributed by atoms with Gasteiger partial charge in [-0.1, -0.05) is 30.3 Å². The number of carbonyl (C=O) groups is 2. The molecular weight excluding hydrogens is 344 g/mol. The molecule has 2 aromatic heterocycles. The third kappa shape index (κ3) is 3.36. The minimum Gasteiger partial charge on any atom is -0.469 e. The maximum Gasteiger partial charge on any atom is 0.266 e. The Morgan fingerprint density at radius 3 is 2.67 bits per heavy atom. The van der Waals surface area contributed by atoms with E-state index in [0.717, 1.165) is 11.3 Å². The number of amides is 2. The van der Waals surface area contributed by atoms with Crippen LogP contribution in [0, 0.1) is 0 Å². The van der Waals surface area contributed by atoms with E-state index in [1.807, 2.05) is 42.5 Å². The molecule has 1 aliphatic heterocycles. The van der Waals surface area contributed by atoms with Crippen LogP contribution in [0.25, 0.3) is 0 Å². The van der Waals surface area contributed by atoms with E-state index in [9.17, 15) is 9.59 Å². The Hall–Kier alpha value is -3.35. The summed E-state index contributed by atoms with van der Waals surface area (Å²) in [6.45, 7) is 1.39. The number of primary amides is 1. The number of carbonyl (C=O) groups excluding carboxylic acids is 2. The van der Waals surface area contributed by atoms with Gasteiger partial charge in [0.05, 0.1) is 24.9 Å². The average molecular weight is 364 g/mol. The summed E-state index contributed by atoms with van der Waals surface area (Å²) >= 11 is 0. The van der Waals surface area contributed by atoms with Gasteiger partial charge in [0.25, 0.3) is 5.91 Å². The molecule has 7 heteroatoms. The first-order chi connectivity index (χ1) is 13.1. The van der Waals surface area contributed by atoms with Gasteiger partial charge in [-0.3, -0.25) is 9.59 Å². The van der Waals surface area contributed by atoms with Gasteiger partial charge in [0.1, 0.15) is 17.3 Å². The monoisotopic (exact) mass is 364 g/mol. The minimum atomic E-state index is -0.504. The topological polar surface area (TPSA) is 94.4 Å². The predicted molar refractivity (Wildman–Crippen MR) is 97.8 cm³/mol. The highest BCUT2D eigenvalue weighted by Crippen LogP contribution is 2.29. The molecule has 1 atom stereocenters. The Kier molecular flexibility index (Phi) is 4.50. The van der Waals surface area contributed by atoms with Gasteiger partial charge in [-0.15, -0.1) is 0 Å². The fraction of sp³-hybridized carbons (Fsp3) is 0.250. The maximum atomic E-state index is 13.0. The number of imidazole rings is 1. The second kappa shape index (κ2) is 7.11. The molecule has 27 heavy (non-hydrogen) atoms. The number of benzene rings is 1. The molecule has 138 valence electrons. The van der Waals surface area contributed by atoms with Crippen molar-refractivity contribution in [2.24, 2.45) is 5.73 Å². The highest BCUT2D eigenvalue weighted by atomic mass is 16.3. The second-order valence-electron chi connectivity index (χ2n) is 6.57. The average Bonchev–Trinajstić information content (AvgIpc) is 3.35. The Labute approximate surface area is 156 Å². The molecule has 0 unspecified atom stereocenters. The zero-order chi connectivity index (χ0) is 18.8. The van der Waals surface area contributed by atoms with Crippen molar-refractivity contribution >= 4 is 11.8 Å². The van der Waals surface area contributed by atoms with E-state index in [1.165, 1.54) is 6.20 Å². The standard InChI is InChI=1S/C20H20N4O3/c21-20(26)16-12-22-18-13-23(8-9-24(16)18)19(25)11-15(17-7-4-10-27-17)14-5-2-1-3-6-14/h1-7,10,12,15H,8-9,11,13H2,(H2,21,26)/t15-/m1/s1. The van der Waals surface area contributed by atoms with E-state index >= 15 is 0 Å². The van der Waals surface area contributed by atoms with Crippen LogP contribution in [-0.2, 0) is 17.9 Å². The largest absolute Gasteiger partial charge is 0.469 e. The first kappa shape index (κ1) is 17.1. The number of rotatable bonds is 5. The first-order valence-corrected chi connectivity index (χ1v) is 8.84. The van der Waals surface area contributed by atoms with Gasteiger partial charge in [0.15, 0.2) is 0 Å². The van der Waals surface area contributed by atoms with Gasteiger partial charge in [-0.25, -0.2) is 4.98 Å². The van der Waals surface area contributed by atoms with Crippen molar-refractivity contribution in [1.29, 1.82) is 0 Å². The normalized spacial score (nSPS) is 14.6. The third-order valence-corrected chi connectivity index (χ3v) is 4.94. The van der Waals surface area contributed by atoms with Crippen molar-refractivity contribution in [3.8, 4) is 0 Å². The smallest absolute Gasteiger partial charge is 0.266 e. The molecule has 0 saturated heterocycles. The number of nitrogens with zero attached hydrogens (tertiary/aromatic N) is 3. The van der Waals surface area contributed by atoms with Crippen molar-refractivity contribution in [2.75, 3.05) is 6.54 Å². The summed E-state index contributed by atoms with van der Waals surface area (Å²) in [4.78, 5) is 30.5. The Balaban J connectivity index is 1.53. The van der Waals surface area contributed by atoms with Crippen LogP contribution in [0.5, 0.6) is 0 Å². The summed E-state index contributed by atoms with van der Waals surface area (Å²) in [5, 5.41) is 0. The summed E-state index contributed by atoms with van der Waals surface area (Å²) in [6, 6.07) is 13.6. The van der Waals surface area contributed by atoms with E-state index in [1.54, 1.807) is 15.7 Å². The molecular formula is C20H20N4O3. The van der Waals surface area contributed by atoms with E-state index in [0.29, 0.717) is 37.6 Å². The Morgan fingerprint density at radius 2 is 1.96 bits per heavy atom. The van der Waals surface area contributed by atoms with Gasteiger partial charge in [0.2, 0.25) is 5.91 Å².